The first-order valence-electron chi connectivity index (χ1n) is 8.67. The van der Waals surface area contributed by atoms with Crippen LogP contribution in [0.25, 0.3) is 0 Å². The molecule has 8 nitrogen and oxygen atoms in total. The van der Waals surface area contributed by atoms with Crippen molar-refractivity contribution in [3.8, 4) is 5.75 Å². The molecule has 1 heterocycles. The van der Waals surface area contributed by atoms with E-state index in [4.69, 9.17) is 11.5 Å². The molecule has 0 atom stereocenters. The lowest BCUT2D eigenvalue weighted by Gasteiger charge is -2.45. The molecule has 1 saturated carbocycles. The molecule has 1 aromatic carbocycles. The number of rotatable bonds is 3. The van der Waals surface area contributed by atoms with E-state index in [2.05, 4.69) is 14.2 Å². The average molecular weight is 437 g/mol. The van der Waals surface area contributed by atoms with Gasteiger partial charge in [0.1, 0.15) is 17.2 Å². The van der Waals surface area contributed by atoms with E-state index in [1.54, 1.807) is 0 Å². The number of guanidine groups is 2. The van der Waals surface area contributed by atoms with E-state index in [1.165, 1.54) is 11.8 Å². The number of aryl methyl sites for hydroxylation is 1. The number of nitrogens with two attached hydrogens (primary N) is 2. The number of hydrogen-bond acceptors (Lipinski definition) is 8. The Labute approximate surface area is 164 Å². The molecule has 0 radical (unpaired) electrons. The molecule has 1 fully saturated rings. The molecule has 1 spiro atoms. The number of anilines is 1. The normalized spacial score (nSPS) is 19.7. The Morgan fingerprint density at radius 2 is 1.79 bits per heavy atom. The first kappa shape index (κ1) is 21.1. The van der Waals surface area contributed by atoms with Crippen LogP contribution in [0.5, 0.6) is 5.75 Å². The quantitative estimate of drug-likeness (QED) is 0.425. The van der Waals surface area contributed by atoms with E-state index < -0.39 is 32.9 Å². The molecule has 0 unspecified atom stereocenters. The van der Waals surface area contributed by atoms with Gasteiger partial charge in [0.2, 0.25) is 11.9 Å². The fourth-order valence-electron chi connectivity index (χ4n) is 3.54. The summed E-state index contributed by atoms with van der Waals surface area (Å²) in [5.41, 5.74) is 4.55. The number of alkyl halides is 3. The summed E-state index contributed by atoms with van der Waals surface area (Å²) in [7, 11) is -5.94. The van der Waals surface area contributed by atoms with Crippen molar-refractivity contribution in [2.24, 2.45) is 21.5 Å². The Kier molecular flexibility index (Phi) is 5.13. The van der Waals surface area contributed by atoms with Crippen LogP contribution in [-0.2, 0) is 10.1 Å². The van der Waals surface area contributed by atoms with Crippen molar-refractivity contribution in [1.82, 2.24) is 0 Å². The molecular weight excluding hydrogens is 418 g/mol. The lowest BCUT2D eigenvalue weighted by molar-refractivity contribution is -0.0500. The van der Waals surface area contributed by atoms with Crippen LogP contribution < -0.4 is 20.6 Å². The molecule has 0 aromatic heterocycles. The van der Waals surface area contributed by atoms with Crippen molar-refractivity contribution in [3.63, 3.8) is 0 Å². The maximum atomic E-state index is 14.8. The third kappa shape index (κ3) is 3.82. The highest BCUT2D eigenvalue weighted by Crippen LogP contribution is 2.42. The van der Waals surface area contributed by atoms with E-state index in [0.717, 1.165) is 31.4 Å². The standard InChI is InChI=1S/C16H19F4N5O3S/c1-9-7-10(17)11(8-12(9)28-29(26,27)16(18,19)20)25-14(22)23-13(21)24-15(25)5-3-2-4-6-15/h7-8H,2-6H2,1H3,(H4,21,22,23,24). The Bertz CT molecular complexity index is 985. The molecule has 3 rings (SSSR count). The summed E-state index contributed by atoms with van der Waals surface area (Å²) in [6.45, 7) is 1.22. The number of aliphatic imine (C=N–C) groups is 2. The van der Waals surface area contributed by atoms with Gasteiger partial charge in [-0.15, -0.1) is 0 Å². The van der Waals surface area contributed by atoms with Crippen LogP contribution in [0, 0.1) is 12.7 Å². The molecule has 0 saturated heterocycles. The van der Waals surface area contributed by atoms with Gasteiger partial charge in [-0.3, -0.25) is 4.90 Å². The third-order valence-corrected chi connectivity index (χ3v) is 5.79. The molecule has 2 aliphatic rings. The highest BCUT2D eigenvalue weighted by molar-refractivity contribution is 7.88. The lowest BCUT2D eigenvalue weighted by Crippen LogP contribution is -2.58. The maximum Gasteiger partial charge on any atom is 0.534 e. The molecule has 0 amide bonds. The molecule has 160 valence electrons. The molecule has 0 bridgehead atoms. The first-order valence-corrected chi connectivity index (χ1v) is 10.1. The highest BCUT2D eigenvalue weighted by atomic mass is 32.2. The van der Waals surface area contributed by atoms with Crippen molar-refractivity contribution < 1.29 is 30.2 Å². The summed E-state index contributed by atoms with van der Waals surface area (Å²) in [4.78, 5) is 9.42. The highest BCUT2D eigenvalue weighted by Gasteiger charge is 2.49. The van der Waals surface area contributed by atoms with Crippen LogP contribution in [0.4, 0.5) is 23.2 Å². The van der Waals surface area contributed by atoms with Crippen LogP contribution in [0.1, 0.15) is 37.7 Å². The maximum absolute atomic E-state index is 14.8. The van der Waals surface area contributed by atoms with Gasteiger partial charge in [0.25, 0.3) is 0 Å². The second-order valence-electron chi connectivity index (χ2n) is 6.87. The zero-order valence-electron chi connectivity index (χ0n) is 15.3. The molecule has 1 aliphatic carbocycles. The minimum Gasteiger partial charge on any atom is -0.376 e. The van der Waals surface area contributed by atoms with Crippen molar-refractivity contribution in [2.45, 2.75) is 50.2 Å². The minimum atomic E-state index is -5.94. The van der Waals surface area contributed by atoms with E-state index in [0.29, 0.717) is 12.8 Å². The van der Waals surface area contributed by atoms with E-state index >= 15 is 0 Å². The van der Waals surface area contributed by atoms with Gasteiger partial charge in [-0.25, -0.2) is 9.38 Å². The second kappa shape index (κ2) is 7.04. The van der Waals surface area contributed by atoms with E-state index in [9.17, 15) is 26.0 Å². The van der Waals surface area contributed by atoms with E-state index in [1.807, 2.05) is 0 Å². The summed E-state index contributed by atoms with van der Waals surface area (Å²) in [5, 5.41) is 0. The van der Waals surface area contributed by atoms with Gasteiger partial charge in [0.15, 0.2) is 0 Å². The Morgan fingerprint density at radius 1 is 1.17 bits per heavy atom. The molecule has 29 heavy (non-hydrogen) atoms. The Hall–Kier alpha value is -2.57. The van der Waals surface area contributed by atoms with Gasteiger partial charge in [-0.05, 0) is 44.2 Å². The van der Waals surface area contributed by atoms with Crippen LogP contribution >= 0.6 is 0 Å². The largest absolute Gasteiger partial charge is 0.534 e. The van der Waals surface area contributed by atoms with Gasteiger partial charge >= 0.3 is 15.6 Å². The van der Waals surface area contributed by atoms with Crippen LogP contribution in [0.2, 0.25) is 0 Å². The van der Waals surface area contributed by atoms with Gasteiger partial charge < -0.3 is 15.7 Å². The summed E-state index contributed by atoms with van der Waals surface area (Å²) in [6.07, 6.45) is 3.29. The van der Waals surface area contributed by atoms with Crippen molar-refractivity contribution in [2.75, 3.05) is 4.90 Å². The summed E-state index contributed by atoms with van der Waals surface area (Å²) in [6, 6.07) is 1.71. The monoisotopic (exact) mass is 437 g/mol. The molecule has 13 heteroatoms. The SMILES string of the molecule is Cc1cc(F)c(N2C(N)=NC(N)=NC23CCCCC3)cc1OS(=O)(=O)C(F)(F)F. The molecule has 4 N–H and O–H groups in total. The fourth-order valence-corrected chi connectivity index (χ4v) is 4.05. The zero-order valence-corrected chi connectivity index (χ0v) is 16.1. The van der Waals surface area contributed by atoms with Gasteiger partial charge in [-0.1, -0.05) is 6.42 Å². The predicted molar refractivity (Wildman–Crippen MR) is 98.3 cm³/mol. The van der Waals surface area contributed by atoms with Crippen LogP contribution in [0.15, 0.2) is 22.1 Å². The van der Waals surface area contributed by atoms with Crippen LogP contribution in [-0.4, -0.2) is 31.5 Å². The Balaban J connectivity index is 2.11. The first-order chi connectivity index (χ1) is 13.4. The van der Waals surface area contributed by atoms with Gasteiger partial charge in [0, 0.05) is 6.07 Å². The molecule has 1 aliphatic heterocycles. The average Bonchev–Trinajstić information content (AvgIpc) is 2.57. The minimum absolute atomic E-state index is 0.0932. The lowest BCUT2D eigenvalue weighted by atomic mass is 9.87. The third-order valence-electron chi connectivity index (χ3n) is 4.82. The smallest absolute Gasteiger partial charge is 0.376 e. The van der Waals surface area contributed by atoms with Crippen molar-refractivity contribution in [1.29, 1.82) is 0 Å². The number of halogens is 4. The van der Waals surface area contributed by atoms with E-state index in [-0.39, 0.29) is 23.2 Å². The number of benzene rings is 1. The number of nitrogens with zero attached hydrogens (tertiary/aromatic N) is 3. The second-order valence-corrected chi connectivity index (χ2v) is 8.41. The topological polar surface area (TPSA) is 123 Å². The summed E-state index contributed by atoms with van der Waals surface area (Å²) in [5.74, 6) is -1.82. The zero-order chi connectivity index (χ0) is 21.6. The molecular formula is C16H19F4N5O3S. The fraction of sp³-hybridized carbons (Fsp3) is 0.500. The Morgan fingerprint density at radius 3 is 2.38 bits per heavy atom. The van der Waals surface area contributed by atoms with Gasteiger partial charge in [-0.2, -0.15) is 26.6 Å². The number of hydrogen-bond donors (Lipinski definition) is 2. The molecule has 1 aromatic rings. The van der Waals surface area contributed by atoms with Crippen LogP contribution in [0.3, 0.4) is 0 Å². The summed E-state index contributed by atoms with van der Waals surface area (Å²) < 4.78 is 80.0. The van der Waals surface area contributed by atoms with Crippen molar-refractivity contribution >= 4 is 27.7 Å². The van der Waals surface area contributed by atoms with Crippen molar-refractivity contribution in [3.05, 3.63) is 23.5 Å². The summed E-state index contributed by atoms with van der Waals surface area (Å²) >= 11 is 0. The van der Waals surface area contributed by atoms with Gasteiger partial charge in [0.05, 0.1) is 5.69 Å². The predicted octanol–water partition coefficient (Wildman–Crippen LogP) is 2.47.